The molecule has 0 aliphatic heterocycles. The van der Waals surface area contributed by atoms with Crippen molar-refractivity contribution in [1.82, 2.24) is 31.9 Å². The Bertz CT molecular complexity index is 1320. The molecule has 0 aliphatic carbocycles. The largest absolute Gasteiger partial charge is 0.394 e. The second-order valence-electron chi connectivity index (χ2n) is 14.9. The van der Waals surface area contributed by atoms with Gasteiger partial charge in [-0.05, 0) is 68.3 Å². The Kier molecular flexibility index (Phi) is 25.3. The highest BCUT2D eigenvalue weighted by molar-refractivity contribution is 7.98. The number of aliphatic hydroxyl groups excluding tert-OH is 2. The molecule has 7 amide bonds. The fourth-order valence-electron chi connectivity index (χ4n) is 5.32. The van der Waals surface area contributed by atoms with Crippen LogP contribution in [0.1, 0.15) is 80.1 Å². The highest BCUT2D eigenvalue weighted by atomic mass is 32.2. The SMILES string of the molecule is CSCC[C@H](NC(=O)[C@H](CO)NC(=O)[C@H](CC(C)C)NC(=O)[C@@H](N)CO)C(=O)N[C@@H](CC(C)C)C(=O)N[C@@H](CCCN=C(N)N)C(=O)N[C@@H](CC(C)C)C(N)=O. The van der Waals surface area contributed by atoms with E-state index in [1.807, 2.05) is 27.7 Å². The Balaban J connectivity index is 6.23. The molecule has 0 aromatic heterocycles. The summed E-state index contributed by atoms with van der Waals surface area (Å²) in [5, 5.41) is 34.7. The first-order valence-corrected chi connectivity index (χ1v) is 20.2. The lowest BCUT2D eigenvalue weighted by Gasteiger charge is -2.28. The van der Waals surface area contributed by atoms with Crippen molar-refractivity contribution < 1.29 is 43.8 Å². The molecule has 0 heterocycles. The van der Waals surface area contributed by atoms with Crippen molar-refractivity contribution >= 4 is 59.1 Å². The Morgan fingerprint density at radius 1 is 0.554 bits per heavy atom. The quantitative estimate of drug-likeness (QED) is 0.0209. The molecule has 0 saturated heterocycles. The van der Waals surface area contributed by atoms with Gasteiger partial charge in [-0.1, -0.05) is 41.5 Å². The van der Waals surface area contributed by atoms with E-state index >= 15 is 0 Å². The number of thioether (sulfide) groups is 1. The van der Waals surface area contributed by atoms with Gasteiger partial charge in [0.2, 0.25) is 41.4 Å². The van der Waals surface area contributed by atoms with Gasteiger partial charge in [0.15, 0.2) is 5.96 Å². The molecule has 21 heteroatoms. The lowest BCUT2D eigenvalue weighted by atomic mass is 10.0. The normalized spacial score (nSPS) is 15.0. The maximum atomic E-state index is 13.8. The number of primary amides is 1. The van der Waals surface area contributed by atoms with E-state index in [0.717, 1.165) is 0 Å². The number of nitrogens with zero attached hydrogens (tertiary/aromatic N) is 1. The summed E-state index contributed by atoms with van der Waals surface area (Å²) < 4.78 is 0. The topological polar surface area (TPSA) is 349 Å². The Morgan fingerprint density at radius 2 is 0.929 bits per heavy atom. The number of carbonyl (C=O) groups is 7. The van der Waals surface area contributed by atoms with Crippen LogP contribution in [0.4, 0.5) is 0 Å². The third-order valence-corrected chi connectivity index (χ3v) is 8.86. The number of nitrogens with one attached hydrogen (secondary N) is 6. The minimum Gasteiger partial charge on any atom is -0.394 e. The summed E-state index contributed by atoms with van der Waals surface area (Å²) in [5.41, 5.74) is 21.9. The van der Waals surface area contributed by atoms with Gasteiger partial charge in [-0.2, -0.15) is 11.8 Å². The van der Waals surface area contributed by atoms with E-state index < -0.39 is 96.9 Å². The van der Waals surface area contributed by atoms with Crippen LogP contribution in [-0.2, 0) is 33.6 Å². The predicted octanol–water partition coefficient (Wildman–Crippen LogP) is -3.36. The fraction of sp³-hybridized carbons (Fsp3) is 0.771. The fourth-order valence-corrected chi connectivity index (χ4v) is 5.79. The van der Waals surface area contributed by atoms with Crippen LogP contribution < -0.4 is 54.8 Å². The lowest BCUT2D eigenvalue weighted by molar-refractivity contribution is -0.136. The molecular weight excluding hydrogens is 751 g/mol. The van der Waals surface area contributed by atoms with E-state index in [1.54, 1.807) is 20.1 Å². The molecule has 322 valence electrons. The smallest absolute Gasteiger partial charge is 0.245 e. The second-order valence-corrected chi connectivity index (χ2v) is 15.8. The number of aliphatic hydroxyl groups is 2. The second kappa shape index (κ2) is 27.4. The number of nitrogens with two attached hydrogens (primary N) is 4. The first-order valence-electron chi connectivity index (χ1n) is 18.8. The van der Waals surface area contributed by atoms with Crippen LogP contribution in [0.15, 0.2) is 4.99 Å². The molecule has 0 bridgehead atoms. The molecule has 0 radical (unpaired) electrons. The summed E-state index contributed by atoms with van der Waals surface area (Å²) >= 11 is 1.39. The van der Waals surface area contributed by atoms with Gasteiger partial charge < -0.3 is 65.0 Å². The maximum absolute atomic E-state index is 13.8. The van der Waals surface area contributed by atoms with Gasteiger partial charge >= 0.3 is 0 Å². The summed E-state index contributed by atoms with van der Waals surface area (Å²) in [5.74, 6) is -5.28. The summed E-state index contributed by atoms with van der Waals surface area (Å²) in [6.07, 6.45) is 2.78. The van der Waals surface area contributed by atoms with Crippen LogP contribution in [0.5, 0.6) is 0 Å². The molecule has 0 saturated carbocycles. The third-order valence-electron chi connectivity index (χ3n) is 8.22. The minimum atomic E-state index is -1.53. The van der Waals surface area contributed by atoms with Crippen LogP contribution in [0.3, 0.4) is 0 Å². The van der Waals surface area contributed by atoms with E-state index in [0.29, 0.717) is 5.75 Å². The average Bonchev–Trinajstić information content (AvgIpc) is 3.10. The van der Waals surface area contributed by atoms with Crippen molar-refractivity contribution in [2.75, 3.05) is 31.8 Å². The monoisotopic (exact) mass is 817 g/mol. The van der Waals surface area contributed by atoms with Crippen LogP contribution in [0.2, 0.25) is 0 Å². The Hall–Kier alpha value is -4.21. The van der Waals surface area contributed by atoms with Crippen LogP contribution >= 0.6 is 11.8 Å². The number of rotatable bonds is 28. The zero-order valence-corrected chi connectivity index (χ0v) is 34.6. The van der Waals surface area contributed by atoms with Gasteiger partial charge in [0.05, 0.1) is 13.2 Å². The van der Waals surface area contributed by atoms with E-state index in [4.69, 9.17) is 22.9 Å². The number of guanidine groups is 1. The van der Waals surface area contributed by atoms with Crippen molar-refractivity contribution in [2.24, 2.45) is 45.7 Å². The van der Waals surface area contributed by atoms with Gasteiger partial charge in [-0.25, -0.2) is 0 Å². The summed E-state index contributed by atoms with van der Waals surface area (Å²) in [7, 11) is 0. The Morgan fingerprint density at radius 3 is 1.34 bits per heavy atom. The summed E-state index contributed by atoms with van der Waals surface area (Å²) in [4.78, 5) is 95.9. The molecular formula is C35H67N11O9S. The molecule has 0 aromatic carbocycles. The van der Waals surface area contributed by atoms with Gasteiger partial charge in [0, 0.05) is 6.54 Å². The van der Waals surface area contributed by atoms with Crippen molar-refractivity contribution in [1.29, 1.82) is 0 Å². The molecule has 0 spiro atoms. The molecule has 56 heavy (non-hydrogen) atoms. The zero-order chi connectivity index (χ0) is 43.1. The lowest BCUT2D eigenvalue weighted by Crippen LogP contribution is -2.60. The highest BCUT2D eigenvalue weighted by Gasteiger charge is 2.34. The van der Waals surface area contributed by atoms with Crippen molar-refractivity contribution in [3.05, 3.63) is 0 Å². The first-order chi connectivity index (χ1) is 26.2. The minimum absolute atomic E-state index is 0.0168. The van der Waals surface area contributed by atoms with Crippen LogP contribution in [0, 0.1) is 17.8 Å². The number of amides is 7. The average molecular weight is 818 g/mol. The molecule has 0 aromatic rings. The standard InChI is InChI=1S/C35H67N11O9S/c1-18(2)13-24(28(37)49)43-30(51)22(9-8-11-40-35(38)39)41-32(53)26(15-20(5)6)45-31(52)23(10-12-56-7)42-34(55)27(17-48)46-33(54)25(14-19(3)4)44-29(50)21(36)16-47/h18-27,47-48H,8-17,36H2,1-7H3,(H2,37,49)(H,41,53)(H,42,55)(H,43,51)(H,44,50)(H,45,52)(H,46,54)(H4,38,39,40)/t21-,22-,23-,24-,25-,26-,27-/m0/s1. The zero-order valence-electron chi connectivity index (χ0n) is 33.8. The van der Waals surface area contributed by atoms with Crippen molar-refractivity contribution in [3.63, 3.8) is 0 Å². The van der Waals surface area contributed by atoms with E-state index in [1.165, 1.54) is 11.8 Å². The summed E-state index contributed by atoms with van der Waals surface area (Å²) in [6.45, 7) is 9.59. The van der Waals surface area contributed by atoms with Crippen LogP contribution in [0.25, 0.3) is 0 Å². The molecule has 20 nitrogen and oxygen atoms in total. The molecule has 0 unspecified atom stereocenters. The number of hydrogen-bond acceptors (Lipinski definition) is 12. The number of aliphatic imine (C=N–C) groups is 1. The molecule has 0 aliphatic rings. The van der Waals surface area contributed by atoms with Gasteiger partial charge in [-0.3, -0.25) is 38.6 Å². The first kappa shape index (κ1) is 51.8. The van der Waals surface area contributed by atoms with Gasteiger partial charge in [0.1, 0.15) is 42.3 Å². The molecule has 16 N–H and O–H groups in total. The highest BCUT2D eigenvalue weighted by Crippen LogP contribution is 2.11. The van der Waals surface area contributed by atoms with Crippen LogP contribution in [-0.4, -0.2) is 132 Å². The predicted molar refractivity (Wildman–Crippen MR) is 214 cm³/mol. The van der Waals surface area contributed by atoms with Gasteiger partial charge in [-0.15, -0.1) is 0 Å². The molecule has 7 atom stereocenters. The Labute approximate surface area is 334 Å². The number of hydrogen-bond donors (Lipinski definition) is 12. The van der Waals surface area contributed by atoms with Crippen molar-refractivity contribution in [3.8, 4) is 0 Å². The maximum Gasteiger partial charge on any atom is 0.245 e. The van der Waals surface area contributed by atoms with E-state index in [-0.39, 0.29) is 68.8 Å². The summed E-state index contributed by atoms with van der Waals surface area (Å²) in [6, 6.07) is -8.52. The third kappa shape index (κ3) is 21.2. The van der Waals surface area contributed by atoms with Gasteiger partial charge in [0.25, 0.3) is 0 Å². The van der Waals surface area contributed by atoms with Crippen molar-refractivity contribution in [2.45, 2.75) is 122 Å². The van der Waals surface area contributed by atoms with E-state index in [9.17, 15) is 43.8 Å². The number of carbonyl (C=O) groups excluding carboxylic acids is 7. The molecule has 0 rings (SSSR count). The van der Waals surface area contributed by atoms with E-state index in [2.05, 4.69) is 36.9 Å². The molecule has 0 fully saturated rings.